The lowest BCUT2D eigenvalue weighted by atomic mass is 10.1. The van der Waals surface area contributed by atoms with Gasteiger partial charge < -0.3 is 18.9 Å². The molecule has 0 aliphatic rings. The molecule has 0 heterocycles. The van der Waals surface area contributed by atoms with E-state index in [-0.39, 0.29) is 17.9 Å². The van der Waals surface area contributed by atoms with Crippen molar-refractivity contribution in [3.8, 4) is 11.8 Å². The van der Waals surface area contributed by atoms with Gasteiger partial charge in [0.2, 0.25) is 0 Å². The Hall–Kier alpha value is -3.08. The molecule has 0 saturated carbocycles. The summed E-state index contributed by atoms with van der Waals surface area (Å²) in [4.78, 5) is 11.6. The fourth-order valence-electron chi connectivity index (χ4n) is 1.54. The zero-order valence-electron chi connectivity index (χ0n) is 14.8. The minimum Gasteiger partial charge on any atom is -0.497 e. The maximum absolute atomic E-state index is 11.6. The molecule has 0 saturated heterocycles. The van der Waals surface area contributed by atoms with Gasteiger partial charge in [0, 0.05) is 5.56 Å². The van der Waals surface area contributed by atoms with Gasteiger partial charge in [0.1, 0.15) is 11.8 Å². The molecule has 134 valence electrons. The van der Waals surface area contributed by atoms with E-state index in [4.69, 9.17) is 18.9 Å². The van der Waals surface area contributed by atoms with Crippen LogP contribution in [-0.2, 0) is 14.2 Å². The Morgan fingerprint density at radius 1 is 1.04 bits per heavy atom. The molecule has 1 aromatic rings. The van der Waals surface area contributed by atoms with Crippen molar-refractivity contribution < 1.29 is 23.7 Å². The van der Waals surface area contributed by atoms with Crippen LogP contribution in [0.15, 0.2) is 34.5 Å². The van der Waals surface area contributed by atoms with Gasteiger partial charge in [-0.25, -0.2) is 4.79 Å². The molecule has 0 radical (unpaired) electrons. The predicted octanol–water partition coefficient (Wildman–Crippen LogP) is 3.27. The van der Waals surface area contributed by atoms with Crippen LogP contribution in [0.3, 0.4) is 0 Å². The van der Waals surface area contributed by atoms with E-state index in [9.17, 15) is 10.1 Å². The van der Waals surface area contributed by atoms with Gasteiger partial charge in [0.05, 0.1) is 19.3 Å². The number of carbonyl (C=O) groups is 1. The highest BCUT2D eigenvalue weighted by Gasteiger charge is 2.15. The average Bonchev–Trinajstić information content (AvgIpc) is 2.54. The van der Waals surface area contributed by atoms with Gasteiger partial charge in [-0.3, -0.25) is 0 Å². The highest BCUT2D eigenvalue weighted by atomic mass is 16.8. The minimum absolute atomic E-state index is 0.0216. The lowest BCUT2D eigenvalue weighted by Gasteiger charge is -2.12. The normalized spacial score (nSPS) is 11.9. The summed E-state index contributed by atoms with van der Waals surface area (Å²) in [5.74, 6) is 0.646. The second-order valence-electron chi connectivity index (χ2n) is 5.34. The van der Waals surface area contributed by atoms with Crippen molar-refractivity contribution >= 4 is 18.0 Å². The number of nitrogens with zero attached hydrogens (tertiary/aromatic N) is 3. The van der Waals surface area contributed by atoms with Crippen LogP contribution in [0.2, 0.25) is 0 Å². The SMILES string of the molecule is COc1ccc(/C(C#N)=N/N=C(\OC(=O)OC(C)C)OC(C)C)cc1. The monoisotopic (exact) mass is 347 g/mol. The molecule has 8 nitrogen and oxygen atoms in total. The lowest BCUT2D eigenvalue weighted by molar-refractivity contribution is 0.0502. The zero-order valence-corrected chi connectivity index (χ0v) is 14.8. The van der Waals surface area contributed by atoms with Gasteiger partial charge in [-0.15, -0.1) is 5.10 Å². The van der Waals surface area contributed by atoms with Gasteiger partial charge in [-0.2, -0.15) is 5.26 Å². The van der Waals surface area contributed by atoms with E-state index in [1.807, 2.05) is 6.07 Å². The zero-order chi connectivity index (χ0) is 18.8. The van der Waals surface area contributed by atoms with E-state index in [2.05, 4.69) is 10.2 Å². The van der Waals surface area contributed by atoms with Crippen LogP contribution in [0, 0.1) is 11.3 Å². The number of rotatable bonds is 5. The summed E-state index contributed by atoms with van der Waals surface area (Å²) in [5.41, 5.74) is 0.550. The summed E-state index contributed by atoms with van der Waals surface area (Å²) in [6.07, 6.45) is -2.04. The molecule has 8 heteroatoms. The first kappa shape index (κ1) is 20.0. The van der Waals surface area contributed by atoms with Gasteiger partial charge in [0.25, 0.3) is 0 Å². The topological polar surface area (TPSA) is 102 Å². The Bertz CT molecular complexity index is 673. The molecule has 0 aliphatic heterocycles. The Labute approximate surface area is 146 Å². The highest BCUT2D eigenvalue weighted by molar-refractivity contribution is 6.11. The summed E-state index contributed by atoms with van der Waals surface area (Å²) < 4.78 is 20.0. The third kappa shape index (κ3) is 7.35. The standard InChI is InChI=1S/C17H21N3O5/c1-11(2)23-16(25-17(21)24-12(3)4)20-19-15(10-18)13-6-8-14(22-5)9-7-13/h6-9,11-12H,1-5H3/b19-15+,20-16-. The van der Waals surface area contributed by atoms with E-state index in [0.29, 0.717) is 11.3 Å². The second-order valence-corrected chi connectivity index (χ2v) is 5.34. The molecule has 1 rings (SSSR count). The molecule has 0 bridgehead atoms. The molecular formula is C17H21N3O5. The molecule has 0 amide bonds. The summed E-state index contributed by atoms with van der Waals surface area (Å²) in [5, 5.41) is 16.8. The quantitative estimate of drug-likeness (QED) is 0.350. The van der Waals surface area contributed by atoms with Gasteiger partial charge in [-0.1, -0.05) is 5.10 Å². The highest BCUT2D eigenvalue weighted by Crippen LogP contribution is 2.12. The second kappa shape index (κ2) is 9.93. The number of hydrogen-bond acceptors (Lipinski definition) is 8. The maximum Gasteiger partial charge on any atom is 0.517 e. The van der Waals surface area contributed by atoms with Crippen LogP contribution in [0.4, 0.5) is 4.79 Å². The Morgan fingerprint density at radius 2 is 1.64 bits per heavy atom. The minimum atomic E-state index is -0.965. The van der Waals surface area contributed by atoms with Gasteiger partial charge in [-0.05, 0) is 52.0 Å². The van der Waals surface area contributed by atoms with Crippen molar-refractivity contribution in [2.45, 2.75) is 39.9 Å². The summed E-state index contributed by atoms with van der Waals surface area (Å²) in [6.45, 7) is 6.81. The van der Waals surface area contributed by atoms with Gasteiger partial charge >= 0.3 is 12.2 Å². The van der Waals surface area contributed by atoms with Crippen molar-refractivity contribution in [2.24, 2.45) is 10.2 Å². The van der Waals surface area contributed by atoms with Crippen LogP contribution in [0.5, 0.6) is 5.75 Å². The van der Waals surface area contributed by atoms with Crippen molar-refractivity contribution in [3.63, 3.8) is 0 Å². The van der Waals surface area contributed by atoms with E-state index in [1.54, 1.807) is 59.1 Å². The van der Waals surface area contributed by atoms with Crippen molar-refractivity contribution in [3.05, 3.63) is 29.8 Å². The molecule has 0 unspecified atom stereocenters. The first-order chi connectivity index (χ1) is 11.8. The Balaban J connectivity index is 3.01. The molecule has 0 aliphatic carbocycles. The summed E-state index contributed by atoms with van der Waals surface area (Å²) in [6, 6.07) is 8.62. The molecule has 0 spiro atoms. The molecule has 0 fully saturated rings. The van der Waals surface area contributed by atoms with Crippen LogP contribution in [0.25, 0.3) is 0 Å². The maximum atomic E-state index is 11.6. The molecule has 0 aromatic heterocycles. The number of methoxy groups -OCH3 is 1. The fraction of sp³-hybridized carbons (Fsp3) is 0.412. The third-order valence-corrected chi connectivity index (χ3v) is 2.54. The van der Waals surface area contributed by atoms with Crippen LogP contribution < -0.4 is 4.74 Å². The molecule has 0 N–H and O–H groups in total. The largest absolute Gasteiger partial charge is 0.517 e. The number of nitriles is 1. The summed E-state index contributed by atoms with van der Waals surface area (Å²) >= 11 is 0. The van der Waals surface area contributed by atoms with Crippen LogP contribution in [-0.4, -0.2) is 37.3 Å². The number of ether oxygens (including phenoxy) is 4. The fourth-order valence-corrected chi connectivity index (χ4v) is 1.54. The van der Waals surface area contributed by atoms with E-state index in [1.165, 1.54) is 0 Å². The third-order valence-electron chi connectivity index (χ3n) is 2.54. The lowest BCUT2D eigenvalue weighted by Crippen LogP contribution is -2.21. The number of benzene rings is 1. The molecule has 1 aromatic carbocycles. The smallest absolute Gasteiger partial charge is 0.497 e. The van der Waals surface area contributed by atoms with Crippen molar-refractivity contribution in [1.29, 1.82) is 5.26 Å². The number of hydrogen-bond donors (Lipinski definition) is 0. The molecule has 0 atom stereocenters. The molecule has 25 heavy (non-hydrogen) atoms. The Kier molecular flexibility index (Phi) is 7.93. The first-order valence-corrected chi connectivity index (χ1v) is 7.61. The Morgan fingerprint density at radius 3 is 2.12 bits per heavy atom. The molecular weight excluding hydrogens is 326 g/mol. The van der Waals surface area contributed by atoms with Crippen molar-refractivity contribution in [1.82, 2.24) is 0 Å². The van der Waals surface area contributed by atoms with Gasteiger partial charge in [0.15, 0.2) is 5.71 Å². The summed E-state index contributed by atoms with van der Waals surface area (Å²) in [7, 11) is 1.54. The first-order valence-electron chi connectivity index (χ1n) is 7.61. The van der Waals surface area contributed by atoms with Crippen molar-refractivity contribution in [2.75, 3.05) is 7.11 Å². The number of carbonyl (C=O) groups excluding carboxylic acids is 1. The van der Waals surface area contributed by atoms with E-state index in [0.717, 1.165) is 0 Å². The van der Waals surface area contributed by atoms with Crippen LogP contribution in [0.1, 0.15) is 33.3 Å². The van der Waals surface area contributed by atoms with Crippen LogP contribution >= 0.6 is 0 Å². The predicted molar refractivity (Wildman–Crippen MR) is 91.5 cm³/mol. The van der Waals surface area contributed by atoms with E-state index < -0.39 is 12.2 Å². The average molecular weight is 347 g/mol. The van der Waals surface area contributed by atoms with E-state index >= 15 is 0 Å².